The summed E-state index contributed by atoms with van der Waals surface area (Å²) in [7, 11) is -2.37. The van der Waals surface area contributed by atoms with Gasteiger partial charge in [0.2, 0.25) is 0 Å². The van der Waals surface area contributed by atoms with Gasteiger partial charge < -0.3 is 14.5 Å². The zero-order valence-corrected chi connectivity index (χ0v) is 19.2. The summed E-state index contributed by atoms with van der Waals surface area (Å²) in [4.78, 5) is 17.3. The average molecular weight is 466 g/mol. The number of methoxy groups -OCH3 is 1. The molecular formula is C24H23N3O5S. The number of benzene rings is 3. The van der Waals surface area contributed by atoms with E-state index in [2.05, 4.69) is 15.0 Å². The summed E-state index contributed by atoms with van der Waals surface area (Å²) < 4.78 is 39.0. The van der Waals surface area contributed by atoms with E-state index in [9.17, 15) is 13.2 Å². The van der Waals surface area contributed by atoms with Crippen LogP contribution >= 0.6 is 0 Å². The van der Waals surface area contributed by atoms with Gasteiger partial charge in [-0.15, -0.1) is 0 Å². The third-order valence-electron chi connectivity index (χ3n) is 5.10. The summed E-state index contributed by atoms with van der Waals surface area (Å²) >= 11 is 0. The quantitative estimate of drug-likeness (QED) is 0.407. The molecule has 1 aromatic heterocycles. The molecule has 4 aromatic rings. The van der Waals surface area contributed by atoms with E-state index in [4.69, 9.17) is 9.15 Å². The van der Waals surface area contributed by atoms with Crippen LogP contribution in [0.25, 0.3) is 11.1 Å². The Morgan fingerprint density at radius 2 is 1.76 bits per heavy atom. The highest BCUT2D eigenvalue weighted by atomic mass is 32.2. The summed E-state index contributed by atoms with van der Waals surface area (Å²) in [6.07, 6.45) is 0.668. The van der Waals surface area contributed by atoms with E-state index >= 15 is 0 Å². The number of sulfonamides is 1. The fourth-order valence-corrected chi connectivity index (χ4v) is 4.37. The Balaban J connectivity index is 1.57. The second kappa shape index (κ2) is 8.95. The Labute approximate surface area is 191 Å². The molecule has 0 saturated carbocycles. The van der Waals surface area contributed by atoms with Crippen LogP contribution in [0.1, 0.15) is 28.7 Å². The predicted molar refractivity (Wildman–Crippen MR) is 126 cm³/mol. The number of carbonyl (C=O) groups is 1. The second-order valence-corrected chi connectivity index (χ2v) is 9.09. The number of anilines is 2. The Morgan fingerprint density at radius 1 is 1.03 bits per heavy atom. The molecule has 0 unspecified atom stereocenters. The monoisotopic (exact) mass is 465 g/mol. The summed E-state index contributed by atoms with van der Waals surface area (Å²) in [6, 6.07) is 16.1. The maximum absolute atomic E-state index is 13.0. The Bertz CT molecular complexity index is 1430. The molecule has 0 fully saturated rings. The maximum atomic E-state index is 13.0. The molecule has 8 nitrogen and oxygen atoms in total. The van der Waals surface area contributed by atoms with Crippen molar-refractivity contribution < 1.29 is 22.4 Å². The van der Waals surface area contributed by atoms with Crippen LogP contribution in [0, 0.1) is 6.92 Å². The van der Waals surface area contributed by atoms with Gasteiger partial charge in [0.15, 0.2) is 11.5 Å². The zero-order valence-electron chi connectivity index (χ0n) is 18.4. The molecular weight excluding hydrogens is 442 g/mol. The number of amides is 1. The van der Waals surface area contributed by atoms with Crippen LogP contribution in [0.15, 0.2) is 70.0 Å². The molecule has 3 aromatic carbocycles. The van der Waals surface area contributed by atoms with Crippen LogP contribution in [-0.2, 0) is 16.4 Å². The van der Waals surface area contributed by atoms with Crippen molar-refractivity contribution >= 4 is 38.4 Å². The van der Waals surface area contributed by atoms with Crippen molar-refractivity contribution in [2.45, 2.75) is 25.2 Å². The van der Waals surface area contributed by atoms with Crippen LogP contribution < -0.4 is 14.8 Å². The zero-order chi connectivity index (χ0) is 23.6. The number of fused-ring (bicyclic) bond motifs is 1. The highest BCUT2D eigenvalue weighted by molar-refractivity contribution is 7.92. The van der Waals surface area contributed by atoms with Crippen molar-refractivity contribution in [3.8, 4) is 5.75 Å². The van der Waals surface area contributed by atoms with Gasteiger partial charge in [0.05, 0.1) is 12.0 Å². The summed E-state index contributed by atoms with van der Waals surface area (Å²) in [5.41, 5.74) is 3.09. The number of aryl methyl sites for hydroxylation is 2. The first-order valence-corrected chi connectivity index (χ1v) is 11.8. The number of aromatic nitrogens is 1. The van der Waals surface area contributed by atoms with Crippen LogP contribution in [0.2, 0.25) is 0 Å². The topological polar surface area (TPSA) is 111 Å². The average Bonchev–Trinajstić information content (AvgIpc) is 3.22. The summed E-state index contributed by atoms with van der Waals surface area (Å²) in [5, 5.41) is 2.81. The van der Waals surface area contributed by atoms with E-state index < -0.39 is 15.9 Å². The van der Waals surface area contributed by atoms with Gasteiger partial charge in [-0.25, -0.2) is 13.4 Å². The molecule has 170 valence electrons. The lowest BCUT2D eigenvalue weighted by Crippen LogP contribution is -2.17. The lowest BCUT2D eigenvalue weighted by Gasteiger charge is -2.12. The standard InChI is InChI=1S/C24H23N3O5S/c1-4-23-26-21-13-17(8-12-22(21)32-23)25-24(28)20-14-19(11-5-15(20)2)33(29,30)27-16-6-9-18(31-3)10-7-16/h5-14,27H,4H2,1-3H3,(H,25,28). The van der Waals surface area contributed by atoms with E-state index in [1.54, 1.807) is 55.5 Å². The minimum atomic E-state index is -3.90. The highest BCUT2D eigenvalue weighted by Crippen LogP contribution is 2.24. The van der Waals surface area contributed by atoms with Crippen LogP contribution in [0.3, 0.4) is 0 Å². The minimum absolute atomic E-state index is 0.0198. The normalized spacial score (nSPS) is 11.4. The van der Waals surface area contributed by atoms with Crippen molar-refractivity contribution in [1.29, 1.82) is 0 Å². The molecule has 33 heavy (non-hydrogen) atoms. The predicted octanol–water partition coefficient (Wildman–Crippen LogP) is 4.76. The van der Waals surface area contributed by atoms with Gasteiger partial charge in [-0.1, -0.05) is 13.0 Å². The molecule has 0 aliphatic carbocycles. The number of oxazole rings is 1. The van der Waals surface area contributed by atoms with E-state index in [0.29, 0.717) is 46.1 Å². The third kappa shape index (κ3) is 4.83. The van der Waals surface area contributed by atoms with Gasteiger partial charge in [-0.05, 0) is 67.1 Å². The summed E-state index contributed by atoms with van der Waals surface area (Å²) in [6.45, 7) is 3.69. The molecule has 1 amide bonds. The number of ether oxygens (including phenoxy) is 1. The van der Waals surface area contributed by atoms with Gasteiger partial charge >= 0.3 is 0 Å². The number of hydrogen-bond donors (Lipinski definition) is 2. The minimum Gasteiger partial charge on any atom is -0.497 e. The SMILES string of the molecule is CCc1nc2cc(NC(=O)c3cc(S(=O)(=O)Nc4ccc(OC)cc4)ccc3C)ccc2o1. The molecule has 1 heterocycles. The second-order valence-electron chi connectivity index (χ2n) is 7.41. The van der Waals surface area contributed by atoms with Crippen molar-refractivity contribution in [2.75, 3.05) is 17.1 Å². The van der Waals surface area contributed by atoms with E-state index in [1.807, 2.05) is 6.92 Å². The van der Waals surface area contributed by atoms with Crippen LogP contribution in [0.5, 0.6) is 5.75 Å². The smallest absolute Gasteiger partial charge is 0.261 e. The fourth-order valence-electron chi connectivity index (χ4n) is 3.29. The van der Waals surface area contributed by atoms with Gasteiger partial charge in [-0.2, -0.15) is 0 Å². The number of hydrogen-bond acceptors (Lipinski definition) is 6. The fraction of sp³-hybridized carbons (Fsp3) is 0.167. The summed E-state index contributed by atoms with van der Waals surface area (Å²) in [5.74, 6) is 0.807. The van der Waals surface area contributed by atoms with E-state index in [1.165, 1.54) is 19.2 Å². The van der Waals surface area contributed by atoms with Crippen LogP contribution in [0.4, 0.5) is 11.4 Å². The first-order chi connectivity index (χ1) is 15.8. The Morgan fingerprint density at radius 3 is 2.45 bits per heavy atom. The number of carbonyl (C=O) groups excluding carboxylic acids is 1. The van der Waals surface area contributed by atoms with Gasteiger partial charge in [0.1, 0.15) is 11.3 Å². The van der Waals surface area contributed by atoms with Gasteiger partial charge in [0, 0.05) is 23.4 Å². The lowest BCUT2D eigenvalue weighted by atomic mass is 10.1. The number of rotatable bonds is 7. The molecule has 0 aliphatic rings. The molecule has 0 saturated heterocycles. The van der Waals surface area contributed by atoms with Crippen LogP contribution in [-0.4, -0.2) is 26.4 Å². The molecule has 9 heteroatoms. The van der Waals surface area contributed by atoms with Gasteiger partial charge in [-0.3, -0.25) is 9.52 Å². The molecule has 0 bridgehead atoms. The molecule has 2 N–H and O–H groups in total. The highest BCUT2D eigenvalue weighted by Gasteiger charge is 2.19. The molecule has 0 atom stereocenters. The molecule has 4 rings (SSSR count). The van der Waals surface area contributed by atoms with Crippen molar-refractivity contribution in [3.63, 3.8) is 0 Å². The first kappa shape index (κ1) is 22.3. The Kier molecular flexibility index (Phi) is 6.06. The van der Waals surface area contributed by atoms with E-state index in [0.717, 1.165) is 0 Å². The Hall–Kier alpha value is -3.85. The first-order valence-electron chi connectivity index (χ1n) is 10.3. The van der Waals surface area contributed by atoms with E-state index in [-0.39, 0.29) is 10.5 Å². The van der Waals surface area contributed by atoms with Gasteiger partial charge in [0.25, 0.3) is 15.9 Å². The van der Waals surface area contributed by atoms with Crippen molar-refractivity contribution in [3.05, 3.63) is 77.7 Å². The molecule has 0 radical (unpaired) electrons. The van der Waals surface area contributed by atoms with Crippen molar-refractivity contribution in [1.82, 2.24) is 4.98 Å². The lowest BCUT2D eigenvalue weighted by molar-refractivity contribution is 0.102. The number of nitrogens with one attached hydrogen (secondary N) is 2. The number of nitrogens with zero attached hydrogens (tertiary/aromatic N) is 1. The molecule has 0 spiro atoms. The molecule has 0 aliphatic heterocycles. The van der Waals surface area contributed by atoms with Crippen molar-refractivity contribution in [2.24, 2.45) is 0 Å². The maximum Gasteiger partial charge on any atom is 0.261 e. The largest absolute Gasteiger partial charge is 0.497 e. The third-order valence-corrected chi connectivity index (χ3v) is 6.48.